The number of hydrogen-bond acceptors (Lipinski definition) is 5. The molecule has 0 saturated heterocycles. The zero-order chi connectivity index (χ0) is 21.8. The lowest BCUT2D eigenvalue weighted by Crippen LogP contribution is -2.47. The molecule has 6 N–H and O–H groups in total. The highest BCUT2D eigenvalue weighted by atomic mass is 16.5. The summed E-state index contributed by atoms with van der Waals surface area (Å²) >= 11 is 0. The normalized spacial score (nSPS) is 12.4. The van der Waals surface area contributed by atoms with Crippen LogP contribution in [-0.4, -0.2) is 41.6 Å². The maximum absolute atomic E-state index is 12.7. The fourth-order valence-electron chi connectivity index (χ4n) is 2.76. The first-order chi connectivity index (χ1) is 14.5. The van der Waals surface area contributed by atoms with Crippen molar-refractivity contribution in [1.82, 2.24) is 5.32 Å². The van der Waals surface area contributed by atoms with Crippen LogP contribution in [0.3, 0.4) is 0 Å². The smallest absolute Gasteiger partial charge is 0.329 e. The maximum atomic E-state index is 12.7. The average Bonchev–Trinajstić information content (AvgIpc) is 2.75. The van der Waals surface area contributed by atoms with E-state index in [1.54, 1.807) is 0 Å². The van der Waals surface area contributed by atoms with E-state index in [9.17, 15) is 14.7 Å². The molecule has 2 atom stereocenters. The van der Waals surface area contributed by atoms with Crippen LogP contribution in [0.5, 0.6) is 0 Å². The zero-order valence-corrected chi connectivity index (χ0v) is 16.7. The maximum Gasteiger partial charge on any atom is 0.329 e. The van der Waals surface area contributed by atoms with Crippen molar-refractivity contribution in [3.05, 3.63) is 71.8 Å². The number of amides is 1. The summed E-state index contributed by atoms with van der Waals surface area (Å²) in [5.41, 5.74) is 12.2. The Balaban J connectivity index is 1.96. The van der Waals surface area contributed by atoms with Gasteiger partial charge < -0.3 is 26.6 Å². The minimum atomic E-state index is -1.28. The number of esters is 1. The Morgan fingerprint density at radius 3 is 2.20 bits per heavy atom. The molecule has 2 rings (SSSR count). The molecular weight excluding hydrogens is 384 g/mol. The predicted octanol–water partition coefficient (Wildman–Crippen LogP) is 0.872. The molecule has 30 heavy (non-hydrogen) atoms. The van der Waals surface area contributed by atoms with Gasteiger partial charge in [-0.15, -0.1) is 0 Å². The van der Waals surface area contributed by atoms with Gasteiger partial charge in [0.1, 0.15) is 18.8 Å². The van der Waals surface area contributed by atoms with Gasteiger partial charge in [0, 0.05) is 13.0 Å². The summed E-state index contributed by atoms with van der Waals surface area (Å²) in [7, 11) is 0. The first-order valence-corrected chi connectivity index (χ1v) is 9.74. The van der Waals surface area contributed by atoms with E-state index in [-0.39, 0.29) is 25.4 Å². The van der Waals surface area contributed by atoms with Gasteiger partial charge in [-0.05, 0) is 24.0 Å². The number of aliphatic hydroxyl groups is 1. The van der Waals surface area contributed by atoms with E-state index in [4.69, 9.17) is 16.2 Å². The molecule has 0 heterocycles. The molecule has 0 radical (unpaired) electrons. The Bertz CT molecular complexity index is 824. The Labute approximate surface area is 175 Å². The molecule has 0 aliphatic rings. The lowest BCUT2D eigenvalue weighted by Gasteiger charge is -2.20. The molecule has 1 amide bonds. The summed E-state index contributed by atoms with van der Waals surface area (Å²) in [6.45, 7) is 0.404. The van der Waals surface area contributed by atoms with E-state index >= 15 is 0 Å². The molecule has 8 heteroatoms. The van der Waals surface area contributed by atoms with E-state index in [2.05, 4.69) is 10.3 Å². The molecule has 0 aliphatic carbocycles. The number of carbonyl (C=O) groups excluding carboxylic acids is 2. The van der Waals surface area contributed by atoms with Gasteiger partial charge in [0.2, 0.25) is 5.91 Å². The molecule has 2 aromatic carbocycles. The van der Waals surface area contributed by atoms with Gasteiger partial charge in [0.25, 0.3) is 0 Å². The third-order valence-corrected chi connectivity index (χ3v) is 4.34. The van der Waals surface area contributed by atoms with Gasteiger partial charge in [0.15, 0.2) is 5.96 Å². The number of ether oxygens (including phenoxy) is 1. The van der Waals surface area contributed by atoms with E-state index in [1.807, 2.05) is 60.7 Å². The van der Waals surface area contributed by atoms with Crippen molar-refractivity contribution in [3.63, 3.8) is 0 Å². The average molecular weight is 412 g/mol. The van der Waals surface area contributed by atoms with Crippen LogP contribution in [0.25, 0.3) is 0 Å². The van der Waals surface area contributed by atoms with E-state index in [1.165, 1.54) is 0 Å². The molecule has 8 nitrogen and oxygen atoms in total. The minimum Gasteiger partial charge on any atom is -0.459 e. The lowest BCUT2D eigenvalue weighted by atomic mass is 10.1. The first-order valence-electron chi connectivity index (χ1n) is 9.74. The van der Waals surface area contributed by atoms with Crippen molar-refractivity contribution in [3.8, 4) is 0 Å². The monoisotopic (exact) mass is 412 g/mol. The van der Waals surface area contributed by atoms with Gasteiger partial charge in [-0.25, -0.2) is 4.79 Å². The van der Waals surface area contributed by atoms with Gasteiger partial charge in [-0.3, -0.25) is 9.79 Å². The van der Waals surface area contributed by atoms with Crippen LogP contribution in [0.2, 0.25) is 0 Å². The topological polar surface area (TPSA) is 140 Å². The first kappa shape index (κ1) is 22.9. The third kappa shape index (κ3) is 8.32. The second-order valence-corrected chi connectivity index (χ2v) is 6.81. The molecular formula is C22H28N4O4. The molecule has 160 valence electrons. The van der Waals surface area contributed by atoms with Crippen LogP contribution in [0.4, 0.5) is 0 Å². The van der Waals surface area contributed by atoms with Crippen molar-refractivity contribution in [2.45, 2.75) is 38.0 Å². The number of benzene rings is 2. The molecule has 0 aliphatic heterocycles. The highest BCUT2D eigenvalue weighted by molar-refractivity contribution is 5.87. The molecule has 0 bridgehead atoms. The van der Waals surface area contributed by atoms with Crippen LogP contribution in [-0.2, 0) is 27.4 Å². The number of carbonyl (C=O) groups is 2. The lowest BCUT2D eigenvalue weighted by molar-refractivity contribution is -0.150. The van der Waals surface area contributed by atoms with Gasteiger partial charge in [-0.1, -0.05) is 60.7 Å². The molecule has 0 saturated carbocycles. The number of nitrogens with zero attached hydrogens (tertiary/aromatic N) is 1. The molecule has 0 fully saturated rings. The fraction of sp³-hybridized carbons (Fsp3) is 0.318. The number of nitrogens with two attached hydrogens (primary N) is 2. The molecule has 0 unspecified atom stereocenters. The van der Waals surface area contributed by atoms with Crippen LogP contribution >= 0.6 is 0 Å². The number of rotatable bonds is 11. The number of hydrogen-bond donors (Lipinski definition) is 4. The third-order valence-electron chi connectivity index (χ3n) is 4.34. The van der Waals surface area contributed by atoms with Crippen LogP contribution in [0.15, 0.2) is 65.7 Å². The van der Waals surface area contributed by atoms with Crippen molar-refractivity contribution in [2.75, 3.05) is 6.54 Å². The van der Waals surface area contributed by atoms with Crippen molar-refractivity contribution < 1.29 is 19.4 Å². The number of aliphatic imine (C=N–C) groups is 1. The van der Waals surface area contributed by atoms with Gasteiger partial charge in [0.05, 0.1) is 0 Å². The minimum absolute atomic E-state index is 0.0435. The van der Waals surface area contributed by atoms with Crippen LogP contribution in [0, 0.1) is 0 Å². The van der Waals surface area contributed by atoms with Crippen molar-refractivity contribution >= 4 is 17.8 Å². The summed E-state index contributed by atoms with van der Waals surface area (Å²) < 4.78 is 5.39. The molecule has 2 aromatic rings. The highest BCUT2D eigenvalue weighted by Gasteiger charge is 2.26. The Morgan fingerprint density at radius 1 is 1.00 bits per heavy atom. The van der Waals surface area contributed by atoms with Crippen molar-refractivity contribution in [1.29, 1.82) is 0 Å². The van der Waals surface area contributed by atoms with E-state index < -0.39 is 24.0 Å². The van der Waals surface area contributed by atoms with Gasteiger partial charge in [-0.2, -0.15) is 0 Å². The zero-order valence-electron chi connectivity index (χ0n) is 16.7. The number of nitrogens with one attached hydrogen (secondary N) is 1. The van der Waals surface area contributed by atoms with Crippen LogP contribution < -0.4 is 16.8 Å². The predicted molar refractivity (Wildman–Crippen MR) is 114 cm³/mol. The molecule has 0 spiro atoms. The number of guanidine groups is 1. The van der Waals surface area contributed by atoms with Crippen LogP contribution in [0.1, 0.15) is 24.0 Å². The summed E-state index contributed by atoms with van der Waals surface area (Å²) in [6, 6.07) is 17.6. The standard InChI is InChI=1S/C22H28N4O4/c23-22(24)25-13-7-12-19(27)20(28)26-18(14-16-8-3-1-4-9-16)21(29)30-15-17-10-5-2-6-11-17/h1-6,8-11,18-19,27H,7,12-15H2,(H,26,28)(H4,23,24,25)/t18-,19-/m1/s1. The Kier molecular flexibility index (Phi) is 9.33. The summed E-state index contributed by atoms with van der Waals surface area (Å²) in [5.74, 6) is -1.25. The Morgan fingerprint density at radius 2 is 1.60 bits per heavy atom. The van der Waals surface area contributed by atoms with Gasteiger partial charge >= 0.3 is 5.97 Å². The summed E-state index contributed by atoms with van der Waals surface area (Å²) in [4.78, 5) is 28.9. The summed E-state index contributed by atoms with van der Waals surface area (Å²) in [6.07, 6.45) is -0.436. The second kappa shape index (κ2) is 12.2. The second-order valence-electron chi connectivity index (χ2n) is 6.81. The quantitative estimate of drug-likeness (QED) is 0.187. The van der Waals surface area contributed by atoms with E-state index in [0.717, 1.165) is 11.1 Å². The largest absolute Gasteiger partial charge is 0.459 e. The fourth-order valence-corrected chi connectivity index (χ4v) is 2.76. The van der Waals surface area contributed by atoms with Crippen molar-refractivity contribution in [2.24, 2.45) is 16.5 Å². The van der Waals surface area contributed by atoms with E-state index in [0.29, 0.717) is 13.0 Å². The highest BCUT2D eigenvalue weighted by Crippen LogP contribution is 2.08. The summed E-state index contributed by atoms with van der Waals surface area (Å²) in [5, 5.41) is 12.7. The number of aliphatic hydroxyl groups excluding tert-OH is 1. The molecule has 0 aromatic heterocycles. The Hall–Kier alpha value is -3.39. The SMILES string of the molecule is NC(N)=NCCC[C@@H](O)C(=O)N[C@H](Cc1ccccc1)C(=O)OCc1ccccc1.